The van der Waals surface area contributed by atoms with Gasteiger partial charge in [-0.1, -0.05) is 25.1 Å². The van der Waals surface area contributed by atoms with Gasteiger partial charge in [0.05, 0.1) is 6.04 Å². The zero-order chi connectivity index (χ0) is 23.3. The Morgan fingerprint density at radius 1 is 1.22 bits per heavy atom. The molecular formula is C23H28F2N4O2S. The molecule has 3 rings (SSSR count). The second kappa shape index (κ2) is 10.8. The number of amides is 1. The summed E-state index contributed by atoms with van der Waals surface area (Å²) in [7, 11) is 0. The van der Waals surface area contributed by atoms with Crippen LogP contribution in [-0.2, 0) is 22.6 Å². The van der Waals surface area contributed by atoms with Crippen molar-refractivity contribution in [2.24, 2.45) is 0 Å². The molecular weight excluding hydrogens is 434 g/mol. The van der Waals surface area contributed by atoms with Gasteiger partial charge in [-0.3, -0.25) is 9.59 Å². The fourth-order valence-electron chi connectivity index (χ4n) is 3.95. The summed E-state index contributed by atoms with van der Waals surface area (Å²) in [4.78, 5) is 36.6. The van der Waals surface area contributed by atoms with Gasteiger partial charge in [-0.2, -0.15) is 0 Å². The van der Waals surface area contributed by atoms with E-state index in [0.717, 1.165) is 36.6 Å². The third kappa shape index (κ3) is 6.25. The van der Waals surface area contributed by atoms with E-state index in [9.17, 15) is 18.4 Å². The number of anilines is 1. The van der Waals surface area contributed by atoms with Crippen molar-refractivity contribution in [1.29, 1.82) is 0 Å². The summed E-state index contributed by atoms with van der Waals surface area (Å²) in [5.41, 5.74) is 1.17. The van der Waals surface area contributed by atoms with Gasteiger partial charge >= 0.3 is 0 Å². The molecule has 2 aromatic rings. The van der Waals surface area contributed by atoms with Crippen molar-refractivity contribution in [3.8, 4) is 0 Å². The maximum absolute atomic E-state index is 14.2. The second-order valence-corrected chi connectivity index (χ2v) is 9.53. The standard InChI is InChI=1S/C23H28F2N4O2S/c1-4-5-17-10-26-23(27-11-17)29-14-21(32-16(3)31)9-20(29)13-28(15(2)30)12-18-8-19(24)6-7-22(18)25/h6-8,10-11,20-21H,4-5,9,12-14H2,1-3H3/t20-,21+/m0/s1. The molecule has 1 aliphatic heterocycles. The summed E-state index contributed by atoms with van der Waals surface area (Å²) in [5.74, 6) is -0.802. The number of aromatic nitrogens is 2. The van der Waals surface area contributed by atoms with E-state index in [1.54, 1.807) is 12.4 Å². The highest BCUT2D eigenvalue weighted by Gasteiger charge is 2.36. The molecule has 1 aromatic heterocycles. The summed E-state index contributed by atoms with van der Waals surface area (Å²) < 4.78 is 27.8. The molecule has 1 saturated heterocycles. The highest BCUT2D eigenvalue weighted by Crippen LogP contribution is 2.31. The van der Waals surface area contributed by atoms with Crippen LogP contribution in [0.2, 0.25) is 0 Å². The third-order valence-corrected chi connectivity index (χ3v) is 6.45. The van der Waals surface area contributed by atoms with Crippen LogP contribution in [0.25, 0.3) is 0 Å². The Bertz CT molecular complexity index is 958. The van der Waals surface area contributed by atoms with Crippen LogP contribution in [0, 0.1) is 11.6 Å². The van der Waals surface area contributed by atoms with Gasteiger partial charge < -0.3 is 9.80 Å². The third-order valence-electron chi connectivity index (χ3n) is 5.44. The van der Waals surface area contributed by atoms with Gasteiger partial charge in [-0.15, -0.1) is 0 Å². The summed E-state index contributed by atoms with van der Waals surface area (Å²) in [6.45, 7) is 5.86. The molecule has 0 radical (unpaired) electrons. The average molecular weight is 463 g/mol. The summed E-state index contributed by atoms with van der Waals surface area (Å²) in [5, 5.41) is 0.0659. The minimum absolute atomic E-state index is 0.0278. The number of benzene rings is 1. The summed E-state index contributed by atoms with van der Waals surface area (Å²) in [6, 6.07) is 3.08. The van der Waals surface area contributed by atoms with Crippen molar-refractivity contribution in [2.45, 2.75) is 57.9 Å². The van der Waals surface area contributed by atoms with E-state index in [2.05, 4.69) is 16.9 Å². The molecule has 0 aliphatic carbocycles. The normalized spacial score (nSPS) is 18.1. The van der Waals surface area contributed by atoms with Crippen LogP contribution < -0.4 is 4.90 Å². The van der Waals surface area contributed by atoms with Crippen LogP contribution in [0.15, 0.2) is 30.6 Å². The van der Waals surface area contributed by atoms with E-state index in [0.29, 0.717) is 25.5 Å². The van der Waals surface area contributed by atoms with Crippen LogP contribution in [0.3, 0.4) is 0 Å². The van der Waals surface area contributed by atoms with E-state index < -0.39 is 11.6 Å². The molecule has 0 unspecified atom stereocenters. The Kier molecular flexibility index (Phi) is 8.17. The predicted molar refractivity (Wildman–Crippen MR) is 121 cm³/mol. The smallest absolute Gasteiger partial charge is 0.225 e. The molecule has 1 aromatic carbocycles. The average Bonchev–Trinajstić information content (AvgIpc) is 3.12. The van der Waals surface area contributed by atoms with Gasteiger partial charge in [0.1, 0.15) is 11.6 Å². The largest absolute Gasteiger partial charge is 0.336 e. The lowest BCUT2D eigenvalue weighted by molar-refractivity contribution is -0.129. The molecule has 0 N–H and O–H groups in total. The highest BCUT2D eigenvalue weighted by atomic mass is 32.2. The monoisotopic (exact) mass is 462 g/mol. The Morgan fingerprint density at radius 3 is 2.56 bits per heavy atom. The van der Waals surface area contributed by atoms with Gasteiger partial charge in [-0.05, 0) is 36.6 Å². The van der Waals surface area contributed by atoms with Crippen molar-refractivity contribution in [2.75, 3.05) is 18.0 Å². The van der Waals surface area contributed by atoms with E-state index in [1.807, 2.05) is 4.90 Å². The summed E-state index contributed by atoms with van der Waals surface area (Å²) in [6.07, 6.45) is 6.15. The molecule has 1 aliphatic rings. The van der Waals surface area contributed by atoms with Crippen molar-refractivity contribution >= 4 is 28.7 Å². The highest BCUT2D eigenvalue weighted by molar-refractivity contribution is 8.14. The first-order valence-corrected chi connectivity index (χ1v) is 11.6. The topological polar surface area (TPSA) is 66.4 Å². The minimum Gasteiger partial charge on any atom is -0.336 e. The number of hydrogen-bond acceptors (Lipinski definition) is 6. The Balaban J connectivity index is 1.82. The van der Waals surface area contributed by atoms with Crippen molar-refractivity contribution in [3.05, 3.63) is 53.4 Å². The van der Waals surface area contributed by atoms with Crippen molar-refractivity contribution in [1.82, 2.24) is 14.9 Å². The lowest BCUT2D eigenvalue weighted by Crippen LogP contribution is -2.42. The van der Waals surface area contributed by atoms with E-state index in [-0.39, 0.29) is 34.4 Å². The number of carbonyl (C=O) groups is 2. The predicted octanol–water partition coefficient (Wildman–Crippen LogP) is 3.98. The minimum atomic E-state index is -0.555. The lowest BCUT2D eigenvalue weighted by atomic mass is 10.1. The number of halogens is 2. The fourth-order valence-corrected chi connectivity index (χ4v) is 4.98. The number of aryl methyl sites for hydroxylation is 1. The van der Waals surface area contributed by atoms with E-state index >= 15 is 0 Å². The van der Waals surface area contributed by atoms with Crippen LogP contribution in [0.4, 0.5) is 14.7 Å². The Labute approximate surface area is 191 Å². The molecule has 6 nitrogen and oxygen atoms in total. The molecule has 172 valence electrons. The first-order chi connectivity index (χ1) is 15.3. The zero-order valence-electron chi connectivity index (χ0n) is 18.6. The Morgan fingerprint density at radius 2 is 1.94 bits per heavy atom. The van der Waals surface area contributed by atoms with Gasteiger partial charge in [0, 0.05) is 56.7 Å². The van der Waals surface area contributed by atoms with Crippen molar-refractivity contribution in [3.63, 3.8) is 0 Å². The first kappa shape index (κ1) is 24.1. The SMILES string of the molecule is CCCc1cnc(N2C[C@H](SC(C)=O)C[C@H]2CN(Cc2cc(F)ccc2F)C(C)=O)nc1. The van der Waals surface area contributed by atoms with Crippen molar-refractivity contribution < 1.29 is 18.4 Å². The molecule has 2 atom stereocenters. The molecule has 32 heavy (non-hydrogen) atoms. The molecule has 2 heterocycles. The van der Waals surface area contributed by atoms with E-state index in [1.165, 1.54) is 30.5 Å². The molecule has 1 fully saturated rings. The molecule has 9 heteroatoms. The van der Waals surface area contributed by atoms with Crippen LogP contribution >= 0.6 is 11.8 Å². The number of hydrogen-bond donors (Lipinski definition) is 0. The molecule has 0 saturated carbocycles. The van der Waals surface area contributed by atoms with Gasteiger partial charge in [0.15, 0.2) is 5.12 Å². The number of thioether (sulfide) groups is 1. The molecule has 0 bridgehead atoms. The number of rotatable bonds is 8. The molecule has 0 spiro atoms. The Hall–Kier alpha value is -2.55. The summed E-state index contributed by atoms with van der Waals surface area (Å²) >= 11 is 1.27. The maximum atomic E-state index is 14.2. The first-order valence-electron chi connectivity index (χ1n) is 10.7. The van der Waals surface area contributed by atoms with Crippen LogP contribution in [0.5, 0.6) is 0 Å². The fraction of sp³-hybridized carbons (Fsp3) is 0.478. The maximum Gasteiger partial charge on any atom is 0.225 e. The van der Waals surface area contributed by atoms with Gasteiger partial charge in [0.2, 0.25) is 11.9 Å². The van der Waals surface area contributed by atoms with E-state index in [4.69, 9.17) is 0 Å². The number of carbonyl (C=O) groups excluding carboxylic acids is 2. The lowest BCUT2D eigenvalue weighted by Gasteiger charge is -2.30. The number of nitrogens with zero attached hydrogens (tertiary/aromatic N) is 4. The molecule has 1 amide bonds. The van der Waals surface area contributed by atoms with Crippen LogP contribution in [-0.4, -0.2) is 50.3 Å². The van der Waals surface area contributed by atoms with Crippen LogP contribution in [0.1, 0.15) is 44.7 Å². The quantitative estimate of drug-likeness (QED) is 0.591. The zero-order valence-corrected chi connectivity index (χ0v) is 19.4. The van der Waals surface area contributed by atoms with Gasteiger partial charge in [-0.25, -0.2) is 18.7 Å². The second-order valence-electron chi connectivity index (χ2n) is 8.05. The van der Waals surface area contributed by atoms with Gasteiger partial charge in [0.25, 0.3) is 0 Å².